The predicted octanol–water partition coefficient (Wildman–Crippen LogP) is 3.14. The molecule has 7 nitrogen and oxygen atoms in total. The van der Waals surface area contributed by atoms with Crippen molar-refractivity contribution >= 4 is 16.9 Å². The SMILES string of the molecule is O=C(CCc1nc(C2CCCC2)no1)Oc1ccc2cn[nH]c2c1. The molecule has 0 bridgehead atoms. The highest BCUT2D eigenvalue weighted by molar-refractivity contribution is 5.81. The maximum atomic E-state index is 12.0. The Morgan fingerprint density at radius 3 is 3.08 bits per heavy atom. The van der Waals surface area contributed by atoms with Crippen LogP contribution in [0.5, 0.6) is 5.75 Å². The third-order valence-electron chi connectivity index (χ3n) is 4.39. The standard InChI is InChI=1S/C17H18N4O3/c22-16(23-13-6-5-12-10-18-20-14(12)9-13)8-7-15-19-17(21-24-15)11-3-1-2-4-11/h5-6,9-11H,1-4,7-8H2,(H,18,20). The Hall–Kier alpha value is -2.70. The van der Waals surface area contributed by atoms with Gasteiger partial charge in [-0.2, -0.15) is 10.1 Å². The molecule has 0 spiro atoms. The molecule has 1 fully saturated rings. The Morgan fingerprint density at radius 2 is 2.21 bits per heavy atom. The van der Waals surface area contributed by atoms with E-state index < -0.39 is 0 Å². The molecule has 2 aromatic heterocycles. The molecular formula is C17H18N4O3. The highest BCUT2D eigenvalue weighted by atomic mass is 16.5. The highest BCUT2D eigenvalue weighted by Gasteiger charge is 2.22. The number of rotatable bonds is 5. The van der Waals surface area contributed by atoms with Gasteiger partial charge in [0.25, 0.3) is 0 Å². The molecule has 7 heteroatoms. The molecule has 0 atom stereocenters. The summed E-state index contributed by atoms with van der Waals surface area (Å²) in [6, 6.07) is 5.36. The van der Waals surface area contributed by atoms with Crippen molar-refractivity contribution in [1.29, 1.82) is 0 Å². The average molecular weight is 326 g/mol. The lowest BCUT2D eigenvalue weighted by molar-refractivity contribution is -0.134. The number of fused-ring (bicyclic) bond motifs is 1. The van der Waals surface area contributed by atoms with Gasteiger partial charge >= 0.3 is 5.97 Å². The Labute approximate surface area is 138 Å². The van der Waals surface area contributed by atoms with E-state index in [1.807, 2.05) is 6.07 Å². The minimum atomic E-state index is -0.325. The summed E-state index contributed by atoms with van der Waals surface area (Å²) in [6.07, 6.45) is 7.01. The number of aryl methyl sites for hydroxylation is 1. The lowest BCUT2D eigenvalue weighted by atomic mass is 10.1. The number of carbonyl (C=O) groups excluding carboxylic acids is 1. The predicted molar refractivity (Wildman–Crippen MR) is 85.6 cm³/mol. The lowest BCUT2D eigenvalue weighted by Crippen LogP contribution is -2.09. The summed E-state index contributed by atoms with van der Waals surface area (Å²) < 4.78 is 10.6. The Balaban J connectivity index is 1.32. The quantitative estimate of drug-likeness (QED) is 0.572. The molecule has 1 aliphatic carbocycles. The minimum absolute atomic E-state index is 0.202. The molecule has 4 rings (SSSR count). The molecule has 0 aliphatic heterocycles. The number of aromatic amines is 1. The summed E-state index contributed by atoms with van der Waals surface area (Å²) in [5.41, 5.74) is 0.832. The maximum Gasteiger partial charge on any atom is 0.311 e. The number of ether oxygens (including phenoxy) is 1. The van der Waals surface area contributed by atoms with Gasteiger partial charge in [0.05, 0.1) is 18.1 Å². The zero-order valence-corrected chi connectivity index (χ0v) is 13.2. The van der Waals surface area contributed by atoms with Crippen LogP contribution in [-0.2, 0) is 11.2 Å². The van der Waals surface area contributed by atoms with Crippen LogP contribution >= 0.6 is 0 Å². The Morgan fingerprint density at radius 1 is 1.33 bits per heavy atom. The fraction of sp³-hybridized carbons (Fsp3) is 0.412. The van der Waals surface area contributed by atoms with E-state index >= 15 is 0 Å². The lowest BCUT2D eigenvalue weighted by Gasteiger charge is -2.03. The average Bonchev–Trinajstić information content (AvgIpc) is 3.32. The summed E-state index contributed by atoms with van der Waals surface area (Å²) in [5.74, 6) is 1.86. The molecule has 124 valence electrons. The number of nitrogens with one attached hydrogen (secondary N) is 1. The van der Waals surface area contributed by atoms with E-state index in [0.29, 0.717) is 24.0 Å². The number of benzene rings is 1. The van der Waals surface area contributed by atoms with Gasteiger partial charge in [-0.3, -0.25) is 9.89 Å². The monoisotopic (exact) mass is 326 g/mol. The van der Waals surface area contributed by atoms with E-state index in [0.717, 1.165) is 29.6 Å². The summed E-state index contributed by atoms with van der Waals surface area (Å²) in [5, 5.41) is 11.8. The van der Waals surface area contributed by atoms with E-state index in [1.54, 1.807) is 18.3 Å². The normalized spacial score (nSPS) is 15.2. The van der Waals surface area contributed by atoms with Crippen molar-refractivity contribution < 1.29 is 14.1 Å². The van der Waals surface area contributed by atoms with E-state index in [4.69, 9.17) is 9.26 Å². The molecule has 1 saturated carbocycles. The number of nitrogens with zero attached hydrogens (tertiary/aromatic N) is 3. The number of hydrogen-bond donors (Lipinski definition) is 1. The largest absolute Gasteiger partial charge is 0.426 e. The first-order valence-electron chi connectivity index (χ1n) is 8.24. The van der Waals surface area contributed by atoms with Gasteiger partial charge in [-0.25, -0.2) is 0 Å². The van der Waals surface area contributed by atoms with E-state index in [2.05, 4.69) is 20.3 Å². The fourth-order valence-electron chi connectivity index (χ4n) is 3.09. The van der Waals surface area contributed by atoms with Crippen LogP contribution in [0.25, 0.3) is 10.9 Å². The van der Waals surface area contributed by atoms with Gasteiger partial charge in [-0.1, -0.05) is 18.0 Å². The Bertz CT molecular complexity index is 848. The molecule has 1 aliphatic rings. The van der Waals surface area contributed by atoms with Crippen LogP contribution in [0, 0.1) is 0 Å². The van der Waals surface area contributed by atoms with Gasteiger partial charge < -0.3 is 9.26 Å². The summed E-state index contributed by atoms with van der Waals surface area (Å²) in [6.45, 7) is 0. The third-order valence-corrected chi connectivity index (χ3v) is 4.39. The van der Waals surface area contributed by atoms with Crippen LogP contribution < -0.4 is 4.74 Å². The zero-order valence-electron chi connectivity index (χ0n) is 13.2. The molecule has 2 heterocycles. The first kappa shape index (κ1) is 14.9. The fourth-order valence-corrected chi connectivity index (χ4v) is 3.09. The topological polar surface area (TPSA) is 93.9 Å². The molecule has 0 saturated heterocycles. The number of hydrogen-bond acceptors (Lipinski definition) is 6. The van der Waals surface area contributed by atoms with Crippen molar-refractivity contribution in [2.75, 3.05) is 0 Å². The van der Waals surface area contributed by atoms with E-state index in [1.165, 1.54) is 12.8 Å². The maximum absolute atomic E-state index is 12.0. The molecule has 24 heavy (non-hydrogen) atoms. The van der Waals surface area contributed by atoms with Crippen LogP contribution in [0.4, 0.5) is 0 Å². The van der Waals surface area contributed by atoms with Crippen molar-refractivity contribution in [2.45, 2.75) is 44.4 Å². The smallest absolute Gasteiger partial charge is 0.311 e. The molecule has 0 amide bonds. The van der Waals surface area contributed by atoms with Crippen molar-refractivity contribution in [1.82, 2.24) is 20.3 Å². The second kappa shape index (κ2) is 6.43. The molecule has 1 N–H and O–H groups in total. The molecule has 3 aromatic rings. The van der Waals surface area contributed by atoms with Crippen molar-refractivity contribution in [3.8, 4) is 5.75 Å². The Kier molecular flexibility index (Phi) is 3.98. The van der Waals surface area contributed by atoms with Crippen molar-refractivity contribution in [3.63, 3.8) is 0 Å². The van der Waals surface area contributed by atoms with Crippen LogP contribution in [0.15, 0.2) is 28.9 Å². The van der Waals surface area contributed by atoms with E-state index in [-0.39, 0.29) is 12.4 Å². The van der Waals surface area contributed by atoms with Gasteiger partial charge in [-0.15, -0.1) is 0 Å². The van der Waals surface area contributed by atoms with Gasteiger partial charge in [0.2, 0.25) is 5.89 Å². The molecular weight excluding hydrogens is 308 g/mol. The summed E-state index contributed by atoms with van der Waals surface area (Å²) in [7, 11) is 0. The van der Waals surface area contributed by atoms with Crippen LogP contribution in [0.1, 0.15) is 49.7 Å². The van der Waals surface area contributed by atoms with Gasteiger partial charge in [-0.05, 0) is 25.0 Å². The highest BCUT2D eigenvalue weighted by Crippen LogP contribution is 2.32. The van der Waals surface area contributed by atoms with Crippen molar-refractivity contribution in [2.24, 2.45) is 0 Å². The van der Waals surface area contributed by atoms with Crippen LogP contribution in [-0.4, -0.2) is 26.3 Å². The van der Waals surface area contributed by atoms with E-state index in [9.17, 15) is 4.79 Å². The van der Waals surface area contributed by atoms with Gasteiger partial charge in [0.1, 0.15) is 5.75 Å². The van der Waals surface area contributed by atoms with Gasteiger partial charge in [0, 0.05) is 23.8 Å². The molecule has 0 radical (unpaired) electrons. The number of H-pyrrole nitrogens is 1. The van der Waals surface area contributed by atoms with Crippen molar-refractivity contribution in [3.05, 3.63) is 36.1 Å². The first-order chi connectivity index (χ1) is 11.8. The second-order valence-electron chi connectivity index (χ2n) is 6.12. The minimum Gasteiger partial charge on any atom is -0.426 e. The van der Waals surface area contributed by atoms with Gasteiger partial charge in [0.15, 0.2) is 5.82 Å². The second-order valence-corrected chi connectivity index (χ2v) is 6.12. The molecule has 1 aromatic carbocycles. The zero-order chi connectivity index (χ0) is 16.4. The third kappa shape index (κ3) is 3.15. The summed E-state index contributed by atoms with van der Waals surface area (Å²) in [4.78, 5) is 16.4. The number of carbonyl (C=O) groups is 1. The summed E-state index contributed by atoms with van der Waals surface area (Å²) >= 11 is 0. The number of aromatic nitrogens is 4. The van der Waals surface area contributed by atoms with Crippen LogP contribution in [0.3, 0.4) is 0 Å². The van der Waals surface area contributed by atoms with Crippen LogP contribution in [0.2, 0.25) is 0 Å². The molecule has 0 unspecified atom stereocenters. The first-order valence-corrected chi connectivity index (χ1v) is 8.24. The number of esters is 1.